The number of fused-ring (bicyclic) bond motifs is 12. The zero-order chi connectivity index (χ0) is 24.3. The zero-order valence-electron chi connectivity index (χ0n) is 20.6. The molecule has 0 spiro atoms. The first-order valence-corrected chi connectivity index (χ1v) is 12.7. The van der Waals surface area contributed by atoms with Gasteiger partial charge in [-0.3, -0.25) is 4.79 Å². The molecule has 36 heavy (non-hydrogen) atoms. The number of methoxy groups -OCH3 is 1. The highest BCUT2D eigenvalue weighted by molar-refractivity contribution is 6.24. The molecule has 0 saturated carbocycles. The van der Waals surface area contributed by atoms with Gasteiger partial charge in [0, 0.05) is 49.0 Å². The molecule has 4 atom stereocenters. The molecule has 0 unspecified atom stereocenters. The normalized spacial score (nSPS) is 27.7. The van der Waals surface area contributed by atoms with Crippen molar-refractivity contribution in [2.75, 3.05) is 19.1 Å². The van der Waals surface area contributed by atoms with E-state index in [9.17, 15) is 4.79 Å². The number of likely N-dealkylation sites (N-methyl/N-ethyl adjacent to an activating group) is 1. The van der Waals surface area contributed by atoms with Crippen molar-refractivity contribution in [1.29, 1.82) is 0 Å². The summed E-state index contributed by atoms with van der Waals surface area (Å²) < 4.78 is 15.7. The van der Waals surface area contributed by atoms with E-state index >= 15 is 0 Å². The summed E-state index contributed by atoms with van der Waals surface area (Å²) in [7, 11) is 3.78. The molecule has 7 heteroatoms. The van der Waals surface area contributed by atoms with Crippen molar-refractivity contribution >= 4 is 39.1 Å². The first-order chi connectivity index (χ1) is 17.6. The van der Waals surface area contributed by atoms with Crippen LogP contribution in [0.25, 0.3) is 21.8 Å². The van der Waals surface area contributed by atoms with Crippen molar-refractivity contribution in [3.8, 4) is 0 Å². The van der Waals surface area contributed by atoms with Gasteiger partial charge in [0.15, 0.2) is 5.72 Å². The summed E-state index contributed by atoms with van der Waals surface area (Å²) in [5.74, 6) is 0.0170. The molecule has 1 aromatic heterocycles. The number of anilines is 2. The zero-order valence-corrected chi connectivity index (χ0v) is 20.6. The highest BCUT2D eigenvalue weighted by Crippen LogP contribution is 2.57. The van der Waals surface area contributed by atoms with Crippen LogP contribution in [0.1, 0.15) is 46.6 Å². The van der Waals surface area contributed by atoms with Crippen molar-refractivity contribution < 1.29 is 14.3 Å². The largest absolute Gasteiger partial charge is 0.375 e. The molecule has 0 radical (unpaired) electrons. The van der Waals surface area contributed by atoms with Crippen LogP contribution in [0.3, 0.4) is 0 Å². The van der Waals surface area contributed by atoms with E-state index in [2.05, 4.69) is 75.6 Å². The lowest BCUT2D eigenvalue weighted by Gasteiger charge is -2.53. The summed E-state index contributed by atoms with van der Waals surface area (Å²) >= 11 is 0. The van der Waals surface area contributed by atoms with Gasteiger partial charge in [0.05, 0.1) is 22.3 Å². The highest BCUT2D eigenvalue weighted by Gasteiger charge is 2.56. The Bertz CT molecular complexity index is 1620. The fourth-order valence-corrected chi connectivity index (χ4v) is 7.52. The van der Waals surface area contributed by atoms with Gasteiger partial charge in [-0.2, -0.15) is 0 Å². The molecule has 0 aliphatic carbocycles. The van der Waals surface area contributed by atoms with Crippen molar-refractivity contribution in [3.05, 3.63) is 70.8 Å². The summed E-state index contributed by atoms with van der Waals surface area (Å²) in [4.78, 5) is 15.7. The third kappa shape index (κ3) is 2.28. The molecule has 1 fully saturated rings. The third-order valence-corrected chi connectivity index (χ3v) is 8.89. The molecule has 4 aliphatic heterocycles. The Hall–Kier alpha value is -3.39. The molecule has 182 valence electrons. The van der Waals surface area contributed by atoms with E-state index in [-0.39, 0.29) is 24.3 Å². The second kappa shape index (κ2) is 6.88. The van der Waals surface area contributed by atoms with Crippen LogP contribution in [0, 0.1) is 0 Å². The number of hydrogen-bond donors (Lipinski definition) is 2. The van der Waals surface area contributed by atoms with Crippen LogP contribution in [0.5, 0.6) is 0 Å². The van der Waals surface area contributed by atoms with Gasteiger partial charge in [-0.1, -0.05) is 36.4 Å². The molecule has 5 heterocycles. The Kier molecular flexibility index (Phi) is 3.97. The van der Waals surface area contributed by atoms with Crippen LogP contribution >= 0.6 is 0 Å². The van der Waals surface area contributed by atoms with Crippen LogP contribution in [-0.2, 0) is 22.4 Å². The van der Waals surface area contributed by atoms with Gasteiger partial charge in [0.2, 0.25) is 0 Å². The predicted octanol–water partition coefficient (Wildman–Crippen LogP) is 4.33. The Morgan fingerprint density at radius 1 is 1.14 bits per heavy atom. The number of nitrogens with zero attached hydrogens (tertiary/aromatic N) is 2. The average Bonchev–Trinajstić information content (AvgIpc) is 3.42. The van der Waals surface area contributed by atoms with Gasteiger partial charge >= 0.3 is 0 Å². The number of carbonyl (C=O) groups excluding carboxylic acids is 1. The minimum absolute atomic E-state index is 0.0170. The Morgan fingerprint density at radius 3 is 2.78 bits per heavy atom. The quantitative estimate of drug-likeness (QED) is 0.447. The number of nitrogens with one attached hydrogen (secondary N) is 2. The molecule has 1 saturated heterocycles. The minimum atomic E-state index is -0.770. The molecule has 8 rings (SSSR count). The van der Waals surface area contributed by atoms with Gasteiger partial charge in [-0.25, -0.2) is 0 Å². The molecule has 2 N–H and O–H groups in total. The SMILES string of the molecule is CN[C@H]1C[C@H]2O[C@@](C)([C@H]1OC)N1c3ccccc3Cc3c4c(c5c6ccccc6n2c5c31)C(=O)NC4. The van der Waals surface area contributed by atoms with E-state index < -0.39 is 5.72 Å². The average molecular weight is 481 g/mol. The summed E-state index contributed by atoms with van der Waals surface area (Å²) in [5.41, 5.74) is 8.11. The number of ether oxygens (including phenoxy) is 2. The second-order valence-corrected chi connectivity index (χ2v) is 10.5. The van der Waals surface area contributed by atoms with E-state index in [1.54, 1.807) is 7.11 Å². The number of para-hydroxylation sites is 2. The molecule has 3 aromatic carbocycles. The van der Waals surface area contributed by atoms with Crippen molar-refractivity contribution in [2.24, 2.45) is 0 Å². The monoisotopic (exact) mass is 480 g/mol. The Labute approximate surface area is 209 Å². The lowest BCUT2D eigenvalue weighted by Crippen LogP contribution is -2.65. The minimum Gasteiger partial charge on any atom is -0.375 e. The number of hydrogen-bond acceptors (Lipinski definition) is 5. The second-order valence-electron chi connectivity index (χ2n) is 10.5. The van der Waals surface area contributed by atoms with Gasteiger partial charge < -0.3 is 29.6 Å². The molecule has 7 nitrogen and oxygen atoms in total. The van der Waals surface area contributed by atoms with Crippen molar-refractivity contribution in [1.82, 2.24) is 15.2 Å². The number of rotatable bonds is 2. The van der Waals surface area contributed by atoms with Crippen LogP contribution in [0.2, 0.25) is 0 Å². The summed E-state index contributed by atoms with van der Waals surface area (Å²) in [6, 6.07) is 17.1. The van der Waals surface area contributed by atoms with Gasteiger partial charge in [-0.05, 0) is 42.8 Å². The fourth-order valence-electron chi connectivity index (χ4n) is 7.52. The summed E-state index contributed by atoms with van der Waals surface area (Å²) in [6.45, 7) is 2.72. The van der Waals surface area contributed by atoms with Crippen LogP contribution < -0.4 is 15.5 Å². The topological polar surface area (TPSA) is 67.8 Å². The number of aromatic nitrogens is 1. The van der Waals surface area contributed by atoms with Crippen LogP contribution in [0.15, 0.2) is 48.5 Å². The van der Waals surface area contributed by atoms with Crippen molar-refractivity contribution in [2.45, 2.75) is 50.4 Å². The van der Waals surface area contributed by atoms with E-state index in [0.29, 0.717) is 6.54 Å². The number of amides is 1. The maximum Gasteiger partial charge on any atom is 0.252 e. The van der Waals surface area contributed by atoms with Gasteiger partial charge in [-0.15, -0.1) is 0 Å². The molecule has 4 aromatic rings. The highest BCUT2D eigenvalue weighted by atomic mass is 16.6. The lowest BCUT2D eigenvalue weighted by atomic mass is 9.84. The first-order valence-electron chi connectivity index (χ1n) is 12.7. The first kappa shape index (κ1) is 20.8. The van der Waals surface area contributed by atoms with E-state index in [1.165, 1.54) is 11.1 Å². The molecular weight excluding hydrogens is 452 g/mol. The number of carbonyl (C=O) groups is 1. The summed E-state index contributed by atoms with van der Waals surface area (Å²) in [5, 5.41) is 8.81. The Balaban J connectivity index is 1.61. The van der Waals surface area contributed by atoms with Crippen LogP contribution in [-0.4, -0.2) is 42.5 Å². The summed E-state index contributed by atoms with van der Waals surface area (Å²) in [6.07, 6.45) is 1.11. The van der Waals surface area contributed by atoms with E-state index in [1.807, 2.05) is 7.05 Å². The van der Waals surface area contributed by atoms with E-state index in [0.717, 1.165) is 57.1 Å². The van der Waals surface area contributed by atoms with Crippen LogP contribution in [0.4, 0.5) is 11.4 Å². The third-order valence-electron chi connectivity index (χ3n) is 8.89. The molecular formula is C29H28N4O3. The molecule has 1 amide bonds. The van der Waals surface area contributed by atoms with E-state index in [4.69, 9.17) is 9.47 Å². The number of benzene rings is 3. The van der Waals surface area contributed by atoms with Gasteiger partial charge in [0.1, 0.15) is 12.3 Å². The Morgan fingerprint density at radius 2 is 1.94 bits per heavy atom. The molecule has 2 bridgehead atoms. The van der Waals surface area contributed by atoms with Crippen molar-refractivity contribution in [3.63, 3.8) is 0 Å². The smallest absolute Gasteiger partial charge is 0.252 e. The predicted molar refractivity (Wildman–Crippen MR) is 139 cm³/mol. The maximum atomic E-state index is 13.3. The standard InChI is InChI=1S/C29H28N4O3/c1-29-27(35-3)19(30-2)13-22(36-29)32-21-11-7-5-9-16(21)23-24-18(14-31-28(24)34)17-12-15-8-4-6-10-20(15)33(29)25(17)26(23)32/h4-11,19,22,27,30H,12-14H2,1-3H3,(H,31,34)/t19-,22+,27-,29-/m0/s1. The molecule has 4 aliphatic rings. The van der Waals surface area contributed by atoms with Gasteiger partial charge in [0.25, 0.3) is 5.91 Å². The lowest BCUT2D eigenvalue weighted by molar-refractivity contribution is -0.214. The fraction of sp³-hybridized carbons (Fsp3) is 0.345. The maximum absolute atomic E-state index is 13.3.